The third-order valence-corrected chi connectivity index (χ3v) is 5.56. The number of hydrogen-bond acceptors (Lipinski definition) is 4. The quantitative estimate of drug-likeness (QED) is 0.529. The standard InChI is InChI=1S/C21H22F3NO5S/c1-14(2)13-31(28,29)25-18-9-8-17(21(22,23)24)11-19(18)30-12-16-5-3-15(4-6-16)7-10-20(26)27/h3-11,14,25H,12-13H2,1-2H3,(H,26,27)/b10-7+. The summed E-state index contributed by atoms with van der Waals surface area (Å²) in [5, 5.41) is 8.64. The minimum atomic E-state index is -4.62. The molecule has 6 nitrogen and oxygen atoms in total. The SMILES string of the molecule is CC(C)CS(=O)(=O)Nc1ccc(C(F)(F)F)cc1OCc1ccc(/C=C/C(=O)O)cc1. The zero-order chi connectivity index (χ0) is 23.2. The number of carbonyl (C=O) groups is 1. The first-order chi connectivity index (χ1) is 14.4. The number of hydrogen-bond donors (Lipinski definition) is 2. The number of halogens is 3. The molecule has 2 N–H and O–H groups in total. The van der Waals surface area contributed by atoms with Crippen LogP contribution in [-0.4, -0.2) is 25.2 Å². The van der Waals surface area contributed by atoms with E-state index in [1.165, 1.54) is 6.08 Å². The molecular formula is C21H22F3NO5S. The summed E-state index contributed by atoms with van der Waals surface area (Å²) in [7, 11) is -3.77. The van der Waals surface area contributed by atoms with Crippen molar-refractivity contribution in [2.75, 3.05) is 10.5 Å². The summed E-state index contributed by atoms with van der Waals surface area (Å²) in [5.41, 5.74) is 0.159. The summed E-state index contributed by atoms with van der Waals surface area (Å²) in [6.45, 7) is 3.29. The Morgan fingerprint density at radius 1 is 1.16 bits per heavy atom. The van der Waals surface area contributed by atoms with E-state index in [9.17, 15) is 26.4 Å². The third kappa shape index (κ3) is 7.97. The normalized spacial score (nSPS) is 12.3. The van der Waals surface area contributed by atoms with Crippen molar-refractivity contribution in [3.63, 3.8) is 0 Å². The van der Waals surface area contributed by atoms with Crippen LogP contribution >= 0.6 is 0 Å². The van der Waals surface area contributed by atoms with Gasteiger partial charge in [0, 0.05) is 6.08 Å². The molecule has 0 saturated carbocycles. The van der Waals surface area contributed by atoms with Gasteiger partial charge in [-0.1, -0.05) is 38.1 Å². The van der Waals surface area contributed by atoms with Gasteiger partial charge in [0.1, 0.15) is 12.4 Å². The summed E-state index contributed by atoms with van der Waals surface area (Å²) in [6.07, 6.45) is -2.25. The molecule has 0 atom stereocenters. The first-order valence-corrected chi connectivity index (χ1v) is 10.9. The minimum Gasteiger partial charge on any atom is -0.487 e. The lowest BCUT2D eigenvalue weighted by atomic mass is 10.1. The van der Waals surface area contributed by atoms with Crippen LogP contribution in [0.4, 0.5) is 18.9 Å². The van der Waals surface area contributed by atoms with Crippen molar-refractivity contribution in [3.05, 3.63) is 65.2 Å². The molecule has 31 heavy (non-hydrogen) atoms. The second-order valence-electron chi connectivity index (χ2n) is 7.19. The van der Waals surface area contributed by atoms with Gasteiger partial charge in [-0.3, -0.25) is 4.72 Å². The number of nitrogens with one attached hydrogen (secondary N) is 1. The molecule has 0 radical (unpaired) electrons. The Morgan fingerprint density at radius 3 is 2.35 bits per heavy atom. The highest BCUT2D eigenvalue weighted by molar-refractivity contribution is 7.92. The lowest BCUT2D eigenvalue weighted by molar-refractivity contribution is -0.137. The van der Waals surface area contributed by atoms with Crippen LogP contribution in [0.2, 0.25) is 0 Å². The summed E-state index contributed by atoms with van der Waals surface area (Å²) in [6, 6.07) is 9.04. The molecule has 0 spiro atoms. The Hall–Kier alpha value is -3.01. The second kappa shape index (κ2) is 9.86. The molecule has 0 bridgehead atoms. The molecule has 0 aliphatic heterocycles. The van der Waals surface area contributed by atoms with Crippen LogP contribution in [-0.2, 0) is 27.6 Å². The van der Waals surface area contributed by atoms with Gasteiger partial charge in [0.25, 0.3) is 0 Å². The van der Waals surface area contributed by atoms with Crippen molar-refractivity contribution in [2.24, 2.45) is 5.92 Å². The topological polar surface area (TPSA) is 92.7 Å². The van der Waals surface area contributed by atoms with Crippen molar-refractivity contribution in [2.45, 2.75) is 26.6 Å². The van der Waals surface area contributed by atoms with Crippen molar-refractivity contribution in [3.8, 4) is 5.75 Å². The van der Waals surface area contributed by atoms with E-state index in [1.807, 2.05) is 0 Å². The summed E-state index contributed by atoms with van der Waals surface area (Å²) in [4.78, 5) is 10.6. The van der Waals surface area contributed by atoms with Crippen molar-refractivity contribution >= 4 is 27.8 Å². The Bertz CT molecular complexity index is 1050. The molecule has 10 heteroatoms. The minimum absolute atomic E-state index is 0.0883. The van der Waals surface area contributed by atoms with E-state index in [0.717, 1.165) is 24.3 Å². The third-order valence-electron chi connectivity index (χ3n) is 3.92. The highest BCUT2D eigenvalue weighted by Gasteiger charge is 2.31. The lowest BCUT2D eigenvalue weighted by Gasteiger charge is -2.17. The highest BCUT2D eigenvalue weighted by Crippen LogP contribution is 2.36. The monoisotopic (exact) mass is 457 g/mol. The summed E-state index contributed by atoms with van der Waals surface area (Å²) >= 11 is 0. The number of benzene rings is 2. The fraction of sp³-hybridized carbons (Fsp3) is 0.286. The lowest BCUT2D eigenvalue weighted by Crippen LogP contribution is -2.20. The molecule has 0 unspecified atom stereocenters. The molecule has 2 aromatic carbocycles. The smallest absolute Gasteiger partial charge is 0.416 e. The van der Waals surface area contributed by atoms with Crippen LogP contribution in [0.15, 0.2) is 48.5 Å². The average Bonchev–Trinajstić information content (AvgIpc) is 2.64. The molecule has 168 valence electrons. The molecule has 0 aliphatic rings. The largest absolute Gasteiger partial charge is 0.487 e. The van der Waals surface area contributed by atoms with Crippen LogP contribution < -0.4 is 9.46 Å². The van der Waals surface area contributed by atoms with Gasteiger partial charge in [-0.15, -0.1) is 0 Å². The molecule has 0 fully saturated rings. The van der Waals surface area contributed by atoms with Gasteiger partial charge in [0.05, 0.1) is 17.0 Å². The van der Waals surface area contributed by atoms with E-state index >= 15 is 0 Å². The number of ether oxygens (including phenoxy) is 1. The molecular weight excluding hydrogens is 435 g/mol. The van der Waals surface area contributed by atoms with E-state index in [-0.39, 0.29) is 29.7 Å². The Labute approximate surface area is 178 Å². The number of aliphatic carboxylic acids is 1. The van der Waals surface area contributed by atoms with Crippen LogP contribution in [0.3, 0.4) is 0 Å². The summed E-state index contributed by atoms with van der Waals surface area (Å²) in [5.74, 6) is -1.72. The number of carboxylic acids is 1. The number of carboxylic acid groups (broad SMARTS) is 1. The predicted molar refractivity (Wildman–Crippen MR) is 111 cm³/mol. The fourth-order valence-corrected chi connectivity index (χ4v) is 4.07. The van der Waals surface area contributed by atoms with Gasteiger partial charge < -0.3 is 9.84 Å². The van der Waals surface area contributed by atoms with E-state index in [1.54, 1.807) is 38.1 Å². The maximum Gasteiger partial charge on any atom is 0.416 e. The number of sulfonamides is 1. The average molecular weight is 457 g/mol. The number of rotatable bonds is 9. The van der Waals surface area contributed by atoms with Crippen LogP contribution in [0.5, 0.6) is 5.75 Å². The van der Waals surface area contributed by atoms with Crippen LogP contribution in [0, 0.1) is 5.92 Å². The molecule has 0 amide bonds. The maximum absolute atomic E-state index is 13.1. The van der Waals surface area contributed by atoms with E-state index < -0.39 is 27.7 Å². The van der Waals surface area contributed by atoms with E-state index in [0.29, 0.717) is 11.1 Å². The Morgan fingerprint density at radius 2 is 1.81 bits per heavy atom. The molecule has 2 rings (SSSR count). The fourth-order valence-electron chi connectivity index (χ4n) is 2.60. The predicted octanol–water partition coefficient (Wildman–Crippen LogP) is 4.78. The van der Waals surface area contributed by atoms with Gasteiger partial charge in [0.15, 0.2) is 0 Å². The van der Waals surface area contributed by atoms with Crippen molar-refractivity contribution in [1.29, 1.82) is 0 Å². The Balaban J connectivity index is 2.25. The molecule has 0 aliphatic carbocycles. The van der Waals surface area contributed by atoms with Crippen LogP contribution in [0.25, 0.3) is 6.08 Å². The van der Waals surface area contributed by atoms with Crippen LogP contribution in [0.1, 0.15) is 30.5 Å². The van der Waals surface area contributed by atoms with E-state index in [2.05, 4.69) is 4.72 Å². The molecule has 0 heterocycles. The Kier molecular flexibility index (Phi) is 7.72. The van der Waals surface area contributed by atoms with Crippen molar-refractivity contribution in [1.82, 2.24) is 0 Å². The molecule has 0 aromatic heterocycles. The summed E-state index contributed by atoms with van der Waals surface area (Å²) < 4.78 is 71.6. The number of alkyl halides is 3. The molecule has 2 aromatic rings. The number of anilines is 1. The van der Waals surface area contributed by atoms with Gasteiger partial charge in [0.2, 0.25) is 10.0 Å². The zero-order valence-corrected chi connectivity index (χ0v) is 17.6. The zero-order valence-electron chi connectivity index (χ0n) is 16.8. The van der Waals surface area contributed by atoms with Crippen molar-refractivity contribution < 1.29 is 36.2 Å². The van der Waals surface area contributed by atoms with E-state index in [4.69, 9.17) is 9.84 Å². The maximum atomic E-state index is 13.1. The second-order valence-corrected chi connectivity index (χ2v) is 8.95. The first-order valence-electron chi connectivity index (χ1n) is 9.20. The first kappa shape index (κ1) is 24.3. The molecule has 0 saturated heterocycles. The highest BCUT2D eigenvalue weighted by atomic mass is 32.2. The van der Waals surface area contributed by atoms with Gasteiger partial charge in [-0.05, 0) is 41.3 Å². The van der Waals surface area contributed by atoms with Gasteiger partial charge in [-0.25, -0.2) is 13.2 Å². The van der Waals surface area contributed by atoms with Gasteiger partial charge in [-0.2, -0.15) is 13.2 Å². The van der Waals surface area contributed by atoms with Gasteiger partial charge >= 0.3 is 12.1 Å².